The monoisotopic (exact) mass is 463 g/mol. The van der Waals surface area contributed by atoms with E-state index in [1.165, 1.54) is 17.6 Å². The summed E-state index contributed by atoms with van der Waals surface area (Å²) in [6.45, 7) is 3.26. The number of hydrogen-bond acceptors (Lipinski definition) is 7. The minimum atomic E-state index is -3.31. The molecule has 0 atom stereocenters. The van der Waals surface area contributed by atoms with Crippen molar-refractivity contribution in [2.24, 2.45) is 0 Å². The van der Waals surface area contributed by atoms with Crippen molar-refractivity contribution in [1.29, 1.82) is 0 Å². The number of thiazole rings is 1. The smallest absolute Gasteiger partial charge is 0.260 e. The zero-order chi connectivity index (χ0) is 21.9. The molecule has 1 amide bonds. The molecule has 0 bridgehead atoms. The van der Waals surface area contributed by atoms with Crippen LogP contribution in [0.1, 0.15) is 17.3 Å². The van der Waals surface area contributed by atoms with Crippen LogP contribution in [0.4, 0.5) is 5.13 Å². The summed E-state index contributed by atoms with van der Waals surface area (Å²) in [5, 5.41) is 0.564. The van der Waals surface area contributed by atoms with Crippen molar-refractivity contribution < 1.29 is 13.2 Å². The number of sulfone groups is 1. The van der Waals surface area contributed by atoms with Crippen LogP contribution in [-0.2, 0) is 9.84 Å². The molecule has 0 unspecified atom stereocenters. The maximum absolute atomic E-state index is 13.3. The molecule has 2 aromatic carbocycles. The molecule has 0 spiro atoms. The maximum atomic E-state index is 13.3. The molecule has 1 aromatic heterocycles. The fourth-order valence-corrected chi connectivity index (χ4v) is 5.25. The van der Waals surface area contributed by atoms with Crippen LogP contribution >= 0.6 is 23.1 Å². The van der Waals surface area contributed by atoms with Gasteiger partial charge < -0.3 is 4.90 Å². The topological polar surface area (TPSA) is 70.6 Å². The summed E-state index contributed by atoms with van der Waals surface area (Å²) in [4.78, 5) is 23.0. The highest BCUT2D eigenvalue weighted by atomic mass is 32.2. The molecule has 3 rings (SSSR count). The summed E-state index contributed by atoms with van der Waals surface area (Å²) in [6.07, 6.45) is 1.18. The zero-order valence-corrected chi connectivity index (χ0v) is 19.9. The molecule has 0 saturated heterocycles. The normalized spacial score (nSPS) is 11.9. The van der Waals surface area contributed by atoms with Gasteiger partial charge in [-0.25, -0.2) is 13.4 Å². The number of hydrogen-bond donors (Lipinski definition) is 0. The summed E-state index contributed by atoms with van der Waals surface area (Å²) in [6, 6.07) is 12.5. The lowest BCUT2D eigenvalue weighted by Crippen LogP contribution is -2.36. The number of fused-ring (bicyclic) bond motifs is 1. The molecule has 30 heavy (non-hydrogen) atoms. The molecule has 0 saturated carbocycles. The van der Waals surface area contributed by atoms with Crippen LogP contribution in [0.3, 0.4) is 0 Å². The molecular formula is C21H25N3O3S3. The maximum Gasteiger partial charge on any atom is 0.260 e. The molecule has 0 radical (unpaired) electrons. The van der Waals surface area contributed by atoms with Crippen LogP contribution in [0.5, 0.6) is 0 Å². The molecule has 1 heterocycles. The van der Waals surface area contributed by atoms with Gasteiger partial charge in [0.25, 0.3) is 5.91 Å². The van der Waals surface area contributed by atoms with Crippen LogP contribution < -0.4 is 4.90 Å². The molecule has 160 valence electrons. The Morgan fingerprint density at radius 3 is 2.40 bits per heavy atom. The van der Waals surface area contributed by atoms with Gasteiger partial charge in [-0.3, -0.25) is 9.69 Å². The van der Waals surface area contributed by atoms with E-state index in [4.69, 9.17) is 0 Å². The highest BCUT2D eigenvalue weighted by molar-refractivity contribution is 7.99. The number of benzene rings is 2. The van der Waals surface area contributed by atoms with E-state index in [1.807, 2.05) is 43.3 Å². The molecule has 0 aliphatic rings. The third-order valence-electron chi connectivity index (χ3n) is 4.44. The lowest BCUT2D eigenvalue weighted by molar-refractivity contribution is 0.0985. The van der Waals surface area contributed by atoms with E-state index in [0.717, 1.165) is 15.3 Å². The minimum Gasteiger partial charge on any atom is -0.308 e. The summed E-state index contributed by atoms with van der Waals surface area (Å²) >= 11 is 3.06. The van der Waals surface area contributed by atoms with E-state index in [1.54, 1.807) is 34.9 Å². The Kier molecular flexibility index (Phi) is 7.18. The number of nitrogens with zero attached hydrogens (tertiary/aromatic N) is 3. The molecule has 3 aromatic rings. The Morgan fingerprint density at radius 2 is 1.80 bits per heavy atom. The molecule has 0 aliphatic carbocycles. The number of thioether (sulfide) groups is 1. The number of carbonyl (C=O) groups is 1. The average molecular weight is 464 g/mol. The SMILES string of the molecule is CCSc1ccc(C(=O)N(CCN(C)C)c2nc3ccc(S(C)(=O)=O)cc3s2)cc1. The van der Waals surface area contributed by atoms with Crippen LogP contribution in [-0.4, -0.2) is 63.4 Å². The summed E-state index contributed by atoms with van der Waals surface area (Å²) in [7, 11) is 0.604. The van der Waals surface area contributed by atoms with E-state index in [9.17, 15) is 13.2 Å². The minimum absolute atomic E-state index is 0.118. The number of amides is 1. The highest BCUT2D eigenvalue weighted by Crippen LogP contribution is 2.31. The van der Waals surface area contributed by atoms with E-state index in [-0.39, 0.29) is 10.8 Å². The summed E-state index contributed by atoms with van der Waals surface area (Å²) in [5.41, 5.74) is 1.28. The second-order valence-corrected chi connectivity index (χ2v) is 11.5. The number of carbonyl (C=O) groups excluding carboxylic acids is 1. The van der Waals surface area contributed by atoms with Gasteiger partial charge in [-0.15, -0.1) is 11.8 Å². The lowest BCUT2D eigenvalue weighted by Gasteiger charge is -2.22. The van der Waals surface area contributed by atoms with Gasteiger partial charge in [-0.05, 0) is 62.3 Å². The van der Waals surface area contributed by atoms with Gasteiger partial charge >= 0.3 is 0 Å². The van der Waals surface area contributed by atoms with E-state index in [2.05, 4.69) is 11.9 Å². The van der Waals surface area contributed by atoms with Gasteiger partial charge in [0, 0.05) is 29.8 Å². The first kappa shape index (κ1) is 22.7. The van der Waals surface area contributed by atoms with Gasteiger partial charge in [0.1, 0.15) is 0 Å². The van der Waals surface area contributed by atoms with Crippen molar-refractivity contribution in [2.45, 2.75) is 16.7 Å². The van der Waals surface area contributed by atoms with Gasteiger partial charge in [-0.2, -0.15) is 0 Å². The van der Waals surface area contributed by atoms with Crippen molar-refractivity contribution in [1.82, 2.24) is 9.88 Å². The number of aromatic nitrogens is 1. The van der Waals surface area contributed by atoms with Gasteiger partial charge in [-0.1, -0.05) is 18.3 Å². The van der Waals surface area contributed by atoms with E-state index < -0.39 is 9.84 Å². The van der Waals surface area contributed by atoms with Crippen molar-refractivity contribution in [3.63, 3.8) is 0 Å². The van der Waals surface area contributed by atoms with Crippen molar-refractivity contribution in [3.8, 4) is 0 Å². The number of anilines is 1. The quantitative estimate of drug-likeness (QED) is 0.470. The largest absolute Gasteiger partial charge is 0.308 e. The van der Waals surface area contributed by atoms with Crippen LogP contribution in [0.2, 0.25) is 0 Å². The molecule has 0 aliphatic heterocycles. The van der Waals surface area contributed by atoms with Gasteiger partial charge in [0.15, 0.2) is 15.0 Å². The van der Waals surface area contributed by atoms with Crippen molar-refractivity contribution >= 4 is 54.2 Å². The van der Waals surface area contributed by atoms with Gasteiger partial charge in [0.2, 0.25) is 0 Å². The second-order valence-electron chi connectivity index (χ2n) is 7.12. The fourth-order valence-electron chi connectivity index (χ4n) is 2.84. The number of likely N-dealkylation sites (N-methyl/N-ethyl adjacent to an activating group) is 1. The van der Waals surface area contributed by atoms with Crippen molar-refractivity contribution in [2.75, 3.05) is 44.1 Å². The summed E-state index contributed by atoms with van der Waals surface area (Å²) in [5.74, 6) is 0.857. The van der Waals surface area contributed by atoms with Crippen molar-refractivity contribution in [3.05, 3.63) is 48.0 Å². The molecule has 9 heteroatoms. The first-order chi connectivity index (χ1) is 14.2. The molecule has 0 N–H and O–H groups in total. The second kappa shape index (κ2) is 9.47. The Bertz CT molecular complexity index is 1140. The Balaban J connectivity index is 1.97. The van der Waals surface area contributed by atoms with E-state index in [0.29, 0.717) is 29.3 Å². The lowest BCUT2D eigenvalue weighted by atomic mass is 10.2. The predicted molar refractivity (Wildman–Crippen MR) is 126 cm³/mol. The van der Waals surface area contributed by atoms with Crippen LogP contribution in [0, 0.1) is 0 Å². The average Bonchev–Trinajstić information content (AvgIpc) is 3.11. The zero-order valence-electron chi connectivity index (χ0n) is 17.5. The molecule has 6 nitrogen and oxygen atoms in total. The third kappa shape index (κ3) is 5.40. The molecular weight excluding hydrogens is 438 g/mol. The van der Waals surface area contributed by atoms with Crippen LogP contribution in [0.25, 0.3) is 10.2 Å². The standard InChI is InChI=1S/C21H25N3O3S3/c1-5-28-16-8-6-15(7-9-16)20(25)24(13-12-23(2)3)21-22-18-11-10-17(30(4,26)27)14-19(18)29-21/h6-11,14H,5,12-13H2,1-4H3. The predicted octanol–water partition coefficient (Wildman–Crippen LogP) is 4.02. The summed E-state index contributed by atoms with van der Waals surface area (Å²) < 4.78 is 24.5. The third-order valence-corrected chi connectivity index (χ3v) is 7.48. The fraction of sp³-hybridized carbons (Fsp3) is 0.333. The highest BCUT2D eigenvalue weighted by Gasteiger charge is 2.22. The Morgan fingerprint density at radius 1 is 1.10 bits per heavy atom. The van der Waals surface area contributed by atoms with Gasteiger partial charge in [0.05, 0.1) is 15.1 Å². The van der Waals surface area contributed by atoms with Crippen LogP contribution in [0.15, 0.2) is 52.3 Å². The first-order valence-corrected chi connectivity index (χ1v) is 13.2. The number of rotatable bonds is 8. The first-order valence-electron chi connectivity index (χ1n) is 9.49. The Hall–Kier alpha value is -1.94. The molecule has 0 fully saturated rings. The van der Waals surface area contributed by atoms with E-state index >= 15 is 0 Å². The Labute approximate surface area is 185 Å².